The average molecular weight is 331 g/mol. The fourth-order valence-corrected chi connectivity index (χ4v) is 3.81. The van der Waals surface area contributed by atoms with Gasteiger partial charge in [-0.1, -0.05) is 25.6 Å². The number of carbonyl (C=O) groups is 2. The van der Waals surface area contributed by atoms with Gasteiger partial charge in [-0.3, -0.25) is 4.79 Å². The minimum atomic E-state index is -1.01. The molecule has 6 nitrogen and oxygen atoms in total. The molecule has 118 valence electrons. The number of nitrogens with two attached hydrogens (primary N) is 1. The monoisotopic (exact) mass is 331 g/mol. The number of carboxylic acid groups (broad SMARTS) is 1. The number of rotatable bonds is 6. The Morgan fingerprint density at radius 3 is 2.90 bits per heavy atom. The zero-order valence-corrected chi connectivity index (χ0v) is 13.9. The Morgan fingerprint density at radius 2 is 2.33 bits per heavy atom. The Labute approximate surface area is 132 Å². The van der Waals surface area contributed by atoms with Gasteiger partial charge in [0.2, 0.25) is 5.91 Å². The van der Waals surface area contributed by atoms with E-state index in [4.69, 9.17) is 10.8 Å². The molecular formula is C13H21N3O3S2. The van der Waals surface area contributed by atoms with Crippen LogP contribution in [0.5, 0.6) is 0 Å². The molecule has 1 atom stereocenters. The molecule has 1 aliphatic rings. The van der Waals surface area contributed by atoms with E-state index in [1.54, 1.807) is 0 Å². The van der Waals surface area contributed by atoms with E-state index in [0.717, 1.165) is 6.42 Å². The molecule has 2 rings (SSSR count). The highest BCUT2D eigenvalue weighted by molar-refractivity contribution is 8.01. The number of likely N-dealkylation sites (tertiary alicyclic amines) is 1. The molecule has 1 aromatic heterocycles. The van der Waals surface area contributed by atoms with Crippen LogP contribution < -0.4 is 5.73 Å². The molecule has 1 amide bonds. The summed E-state index contributed by atoms with van der Waals surface area (Å²) in [4.78, 5) is 28.1. The van der Waals surface area contributed by atoms with Gasteiger partial charge in [0.1, 0.15) is 0 Å². The van der Waals surface area contributed by atoms with Crippen molar-refractivity contribution in [3.63, 3.8) is 0 Å². The Hall–Kier alpha value is -1.12. The van der Waals surface area contributed by atoms with Gasteiger partial charge in [0.15, 0.2) is 10.0 Å². The van der Waals surface area contributed by atoms with Gasteiger partial charge in [-0.2, -0.15) is 0 Å². The molecule has 0 aromatic carbocycles. The fraction of sp³-hybridized carbons (Fsp3) is 0.615. The topological polar surface area (TPSA) is 96.5 Å². The first kappa shape index (κ1) is 17.9. The van der Waals surface area contributed by atoms with Crippen LogP contribution in [0, 0.1) is 0 Å². The molecule has 0 unspecified atom stereocenters. The summed E-state index contributed by atoms with van der Waals surface area (Å²) in [6.45, 7) is 5.13. The van der Waals surface area contributed by atoms with Crippen molar-refractivity contribution in [2.24, 2.45) is 5.73 Å². The summed E-state index contributed by atoms with van der Waals surface area (Å²) in [6, 6.07) is 0.152. The molecule has 8 heteroatoms. The first-order valence-electron chi connectivity index (χ1n) is 6.93. The SMILES string of the molecule is CC.NC[C@H]1CCC(=O)N1CCSc1nc(C(=O)O)cs1. The predicted octanol–water partition coefficient (Wildman–Crippen LogP) is 1.91. The molecule has 1 saturated heterocycles. The number of aromatic nitrogens is 1. The molecule has 1 fully saturated rings. The molecule has 3 N–H and O–H groups in total. The number of aromatic carboxylic acids is 1. The number of thiazole rings is 1. The summed E-state index contributed by atoms with van der Waals surface area (Å²) in [5.74, 6) is -0.156. The van der Waals surface area contributed by atoms with Crippen LogP contribution in [-0.2, 0) is 4.79 Å². The van der Waals surface area contributed by atoms with E-state index >= 15 is 0 Å². The van der Waals surface area contributed by atoms with Gasteiger partial charge >= 0.3 is 5.97 Å². The highest BCUT2D eigenvalue weighted by Gasteiger charge is 2.29. The first-order valence-corrected chi connectivity index (χ1v) is 8.79. The summed E-state index contributed by atoms with van der Waals surface area (Å²) >= 11 is 2.78. The molecule has 1 aromatic rings. The second kappa shape index (κ2) is 9.01. The number of amides is 1. The molecule has 0 saturated carbocycles. The molecule has 0 bridgehead atoms. The summed E-state index contributed by atoms with van der Waals surface area (Å²) in [7, 11) is 0. The highest BCUT2D eigenvalue weighted by atomic mass is 32.2. The summed E-state index contributed by atoms with van der Waals surface area (Å²) in [5.41, 5.74) is 5.70. The Kier molecular flexibility index (Phi) is 7.69. The average Bonchev–Trinajstić information content (AvgIpc) is 3.09. The third kappa shape index (κ3) is 4.98. The van der Waals surface area contributed by atoms with Crippen LogP contribution in [0.4, 0.5) is 0 Å². The summed E-state index contributed by atoms with van der Waals surface area (Å²) < 4.78 is 0.716. The number of hydrogen-bond acceptors (Lipinski definition) is 6. The highest BCUT2D eigenvalue weighted by Crippen LogP contribution is 2.24. The Morgan fingerprint density at radius 1 is 1.62 bits per heavy atom. The van der Waals surface area contributed by atoms with E-state index in [2.05, 4.69) is 4.98 Å². The van der Waals surface area contributed by atoms with Crippen molar-refractivity contribution in [3.05, 3.63) is 11.1 Å². The van der Waals surface area contributed by atoms with Gasteiger partial charge in [-0.15, -0.1) is 11.3 Å². The van der Waals surface area contributed by atoms with Crippen LogP contribution in [0.1, 0.15) is 37.2 Å². The summed E-state index contributed by atoms with van der Waals surface area (Å²) in [5, 5.41) is 10.3. The lowest BCUT2D eigenvalue weighted by Gasteiger charge is -2.23. The van der Waals surface area contributed by atoms with Gasteiger partial charge in [-0.25, -0.2) is 9.78 Å². The molecule has 1 aliphatic heterocycles. The van der Waals surface area contributed by atoms with E-state index in [-0.39, 0.29) is 17.6 Å². The smallest absolute Gasteiger partial charge is 0.355 e. The predicted molar refractivity (Wildman–Crippen MR) is 84.9 cm³/mol. The third-order valence-corrected chi connectivity index (χ3v) is 4.99. The zero-order valence-electron chi connectivity index (χ0n) is 12.2. The van der Waals surface area contributed by atoms with Gasteiger partial charge < -0.3 is 15.7 Å². The van der Waals surface area contributed by atoms with E-state index in [9.17, 15) is 9.59 Å². The molecule has 0 radical (unpaired) electrons. The van der Waals surface area contributed by atoms with Gasteiger partial charge in [-0.05, 0) is 6.42 Å². The maximum Gasteiger partial charge on any atom is 0.355 e. The van der Waals surface area contributed by atoms with E-state index in [1.807, 2.05) is 18.7 Å². The minimum absolute atomic E-state index is 0.0737. The van der Waals surface area contributed by atoms with Crippen molar-refractivity contribution in [1.82, 2.24) is 9.88 Å². The van der Waals surface area contributed by atoms with Crippen LogP contribution in [0.25, 0.3) is 0 Å². The van der Waals surface area contributed by atoms with Crippen LogP contribution in [0.15, 0.2) is 9.72 Å². The normalized spacial score (nSPS) is 17.6. The lowest BCUT2D eigenvalue weighted by molar-refractivity contribution is -0.128. The standard InChI is InChI=1S/C11H15N3O3S2.C2H6/c12-5-7-1-2-9(15)14(7)3-4-18-11-13-8(6-19-11)10(16)17;1-2/h6-7H,1-5,12H2,(H,16,17);1-2H3/t7-;/m1./s1. The molecule has 21 heavy (non-hydrogen) atoms. The van der Waals surface area contributed by atoms with E-state index in [1.165, 1.54) is 28.5 Å². The van der Waals surface area contributed by atoms with Crippen LogP contribution in [0.2, 0.25) is 0 Å². The van der Waals surface area contributed by atoms with Gasteiger partial charge in [0, 0.05) is 36.7 Å². The van der Waals surface area contributed by atoms with Crippen LogP contribution in [0.3, 0.4) is 0 Å². The maximum absolute atomic E-state index is 11.6. The third-order valence-electron chi connectivity index (χ3n) is 2.98. The van der Waals surface area contributed by atoms with Crippen LogP contribution in [-0.4, -0.2) is 51.8 Å². The molecule has 2 heterocycles. The largest absolute Gasteiger partial charge is 0.476 e. The quantitative estimate of drug-likeness (QED) is 0.773. The summed E-state index contributed by atoms with van der Waals surface area (Å²) in [6.07, 6.45) is 1.41. The van der Waals surface area contributed by atoms with E-state index in [0.29, 0.717) is 29.6 Å². The van der Waals surface area contributed by atoms with Crippen molar-refractivity contribution >= 4 is 35.0 Å². The number of hydrogen-bond donors (Lipinski definition) is 2. The van der Waals surface area contributed by atoms with Crippen LogP contribution >= 0.6 is 23.1 Å². The molecule has 0 aliphatic carbocycles. The second-order valence-electron chi connectivity index (χ2n) is 4.17. The van der Waals surface area contributed by atoms with Crippen molar-refractivity contribution in [2.75, 3.05) is 18.8 Å². The van der Waals surface area contributed by atoms with Crippen molar-refractivity contribution in [3.8, 4) is 0 Å². The van der Waals surface area contributed by atoms with Crippen molar-refractivity contribution in [1.29, 1.82) is 0 Å². The zero-order chi connectivity index (χ0) is 15.8. The number of carbonyl (C=O) groups excluding carboxylic acids is 1. The fourth-order valence-electron chi connectivity index (χ4n) is 2.00. The lowest BCUT2D eigenvalue weighted by atomic mass is 10.2. The number of thioether (sulfide) groups is 1. The van der Waals surface area contributed by atoms with E-state index < -0.39 is 5.97 Å². The van der Waals surface area contributed by atoms with Gasteiger partial charge in [0.25, 0.3) is 0 Å². The molecular weight excluding hydrogens is 310 g/mol. The number of nitrogens with zero attached hydrogens (tertiary/aromatic N) is 2. The second-order valence-corrected chi connectivity index (χ2v) is 6.37. The van der Waals surface area contributed by atoms with Crippen molar-refractivity contribution < 1.29 is 14.7 Å². The lowest BCUT2D eigenvalue weighted by Crippen LogP contribution is -2.39. The Balaban J connectivity index is 0.00000106. The Bertz CT molecular complexity index is 479. The molecule has 0 spiro atoms. The van der Waals surface area contributed by atoms with Crippen molar-refractivity contribution in [2.45, 2.75) is 37.1 Å². The first-order chi connectivity index (χ1) is 10.1. The number of carboxylic acids is 1. The van der Waals surface area contributed by atoms with Gasteiger partial charge in [0.05, 0.1) is 0 Å². The minimum Gasteiger partial charge on any atom is -0.476 e. The maximum atomic E-state index is 11.6.